The molecule has 4 atom stereocenters. The zero-order valence-corrected chi connectivity index (χ0v) is 42.5. The molecule has 68 heavy (non-hydrogen) atoms. The molecule has 0 aliphatic carbocycles. The molecule has 2 aliphatic rings. The molecule has 14 heteroatoms. The van der Waals surface area contributed by atoms with Gasteiger partial charge in [-0.25, -0.2) is 9.59 Å². The molecule has 2 fully saturated rings. The molecule has 6 rings (SSSR count). The third-order valence-corrected chi connectivity index (χ3v) is 10.8. The number of aliphatic hydroxyl groups is 1. The fourth-order valence-electron chi connectivity index (χ4n) is 6.93. The van der Waals surface area contributed by atoms with Crippen LogP contribution in [0.15, 0.2) is 133 Å². The summed E-state index contributed by atoms with van der Waals surface area (Å²) in [6.45, 7) is 10.5. The van der Waals surface area contributed by atoms with Gasteiger partial charge in [0.15, 0.2) is 11.6 Å². The highest BCUT2D eigenvalue weighted by molar-refractivity contribution is 14.1. The van der Waals surface area contributed by atoms with E-state index in [0.717, 1.165) is 59.2 Å². The SMILES string of the molecule is COc1ccc(COCC/C=C\CC2OC(C)(C)O[C@H]2CCI)cc1.COc1ccc(COCC/C=C\CC2OC(C)(C)O[C@H]2CCO)cc1.O=C(O)c1ccccc1.O=C(O)c1ccccc1. The van der Waals surface area contributed by atoms with Crippen LogP contribution in [0.25, 0.3) is 0 Å². The Labute approximate surface area is 416 Å². The van der Waals surface area contributed by atoms with Crippen molar-refractivity contribution in [1.82, 2.24) is 0 Å². The lowest BCUT2D eigenvalue weighted by molar-refractivity contribution is -0.147. The second-order valence-electron chi connectivity index (χ2n) is 16.6. The van der Waals surface area contributed by atoms with E-state index in [2.05, 4.69) is 46.9 Å². The summed E-state index contributed by atoms with van der Waals surface area (Å²) in [5.41, 5.74) is 2.95. The fraction of sp³-hybridized carbons (Fsp3) is 0.444. The van der Waals surface area contributed by atoms with Crippen molar-refractivity contribution in [3.63, 3.8) is 0 Å². The Morgan fingerprint density at radius 1 is 0.559 bits per heavy atom. The topological polar surface area (TPSA) is 169 Å². The second kappa shape index (κ2) is 32.2. The van der Waals surface area contributed by atoms with Crippen LogP contribution >= 0.6 is 22.6 Å². The number of aliphatic hydroxyl groups excluding tert-OH is 1. The number of hydrogen-bond donors (Lipinski definition) is 3. The first-order valence-electron chi connectivity index (χ1n) is 22.8. The molecular weight excluding hydrogens is 983 g/mol. The molecular formula is C54H71IO13. The normalized spacial score (nSPS) is 18.9. The van der Waals surface area contributed by atoms with Gasteiger partial charge >= 0.3 is 11.9 Å². The molecule has 4 aromatic carbocycles. The van der Waals surface area contributed by atoms with E-state index in [1.165, 1.54) is 0 Å². The van der Waals surface area contributed by atoms with Crippen molar-refractivity contribution in [3.8, 4) is 11.5 Å². The smallest absolute Gasteiger partial charge is 0.335 e. The molecule has 0 bridgehead atoms. The summed E-state index contributed by atoms with van der Waals surface area (Å²) in [4.78, 5) is 20.4. The number of ether oxygens (including phenoxy) is 8. The van der Waals surface area contributed by atoms with Gasteiger partial charge in [0.05, 0.1) is 76.2 Å². The van der Waals surface area contributed by atoms with E-state index in [1.807, 2.05) is 76.2 Å². The number of carboxylic acids is 2. The van der Waals surface area contributed by atoms with Crippen LogP contribution in [0.4, 0.5) is 0 Å². The molecule has 2 aliphatic heterocycles. The maximum absolute atomic E-state index is 10.2. The minimum absolute atomic E-state index is 0.00128. The second-order valence-corrected chi connectivity index (χ2v) is 17.6. The Morgan fingerprint density at radius 2 is 0.926 bits per heavy atom. The maximum atomic E-state index is 10.2. The Balaban J connectivity index is 0.000000265. The van der Waals surface area contributed by atoms with Crippen LogP contribution in [0.3, 0.4) is 0 Å². The van der Waals surface area contributed by atoms with Crippen LogP contribution in [0.1, 0.15) is 98.1 Å². The molecule has 3 N–H and O–H groups in total. The first-order valence-corrected chi connectivity index (χ1v) is 24.4. The summed E-state index contributed by atoms with van der Waals surface area (Å²) >= 11 is 2.39. The lowest BCUT2D eigenvalue weighted by Crippen LogP contribution is -2.23. The molecule has 2 unspecified atom stereocenters. The third kappa shape index (κ3) is 23.6. The monoisotopic (exact) mass is 1050 g/mol. The van der Waals surface area contributed by atoms with Crippen LogP contribution in [-0.4, -0.2) is 102 Å². The number of carbonyl (C=O) groups is 2. The minimum atomic E-state index is -0.879. The van der Waals surface area contributed by atoms with Gasteiger partial charge in [-0.1, -0.05) is 108 Å². The van der Waals surface area contributed by atoms with Crippen LogP contribution in [-0.2, 0) is 41.6 Å². The van der Waals surface area contributed by atoms with Gasteiger partial charge in [-0.2, -0.15) is 0 Å². The first kappa shape index (κ1) is 57.7. The van der Waals surface area contributed by atoms with E-state index in [-0.39, 0.29) is 31.0 Å². The molecule has 372 valence electrons. The van der Waals surface area contributed by atoms with E-state index in [0.29, 0.717) is 44.0 Å². The summed E-state index contributed by atoms with van der Waals surface area (Å²) in [6, 6.07) is 32.4. The zero-order chi connectivity index (χ0) is 49.6. The average Bonchev–Trinajstić information content (AvgIpc) is 3.80. The molecule has 0 saturated carbocycles. The van der Waals surface area contributed by atoms with E-state index in [4.69, 9.17) is 53.2 Å². The van der Waals surface area contributed by atoms with Crippen molar-refractivity contribution in [3.05, 3.63) is 156 Å². The highest BCUT2D eigenvalue weighted by atomic mass is 127. The number of methoxy groups -OCH3 is 2. The van der Waals surface area contributed by atoms with Crippen molar-refractivity contribution in [2.45, 2.75) is 115 Å². The number of hydrogen-bond acceptors (Lipinski definition) is 11. The van der Waals surface area contributed by atoms with Gasteiger partial charge in [0.1, 0.15) is 11.5 Å². The highest BCUT2D eigenvalue weighted by Gasteiger charge is 2.40. The largest absolute Gasteiger partial charge is 0.497 e. The third-order valence-electron chi connectivity index (χ3n) is 10.2. The number of rotatable bonds is 22. The van der Waals surface area contributed by atoms with Gasteiger partial charge in [-0.3, -0.25) is 0 Å². The Hall–Kier alpha value is -4.65. The molecule has 2 saturated heterocycles. The standard InChI is InChI=1S/C20H29IO4.C20H30O5.2C7H6O2/c2*1-20(2)24-18(19(25-20)12-13-21)7-5-4-6-14-23-15-16-8-10-17(22-3)11-9-16;2*8-7(9)6-4-2-1-3-5-6/h4-5,8-11,18-19H,6-7,12-15H2,1-3H3;4-5,8-11,18-19,21H,6-7,12-15H2,1-3H3;2*1-5H,(H,8,9)/b2*5-4-;;/t2*18?,19-;;/m00../s1. The number of alkyl halides is 1. The Morgan fingerprint density at radius 3 is 1.25 bits per heavy atom. The van der Waals surface area contributed by atoms with Crippen molar-refractivity contribution in [1.29, 1.82) is 0 Å². The van der Waals surface area contributed by atoms with E-state index < -0.39 is 23.5 Å². The quantitative estimate of drug-likeness (QED) is 0.0295. The van der Waals surface area contributed by atoms with Crippen molar-refractivity contribution in [2.24, 2.45) is 0 Å². The maximum Gasteiger partial charge on any atom is 0.335 e. The van der Waals surface area contributed by atoms with E-state index in [9.17, 15) is 9.59 Å². The lowest BCUT2D eigenvalue weighted by Gasteiger charge is -2.16. The summed E-state index contributed by atoms with van der Waals surface area (Å²) in [5.74, 6) is -1.07. The summed E-state index contributed by atoms with van der Waals surface area (Å²) < 4.78 is 46.4. The van der Waals surface area contributed by atoms with Crippen LogP contribution in [0.5, 0.6) is 11.5 Å². The summed E-state index contributed by atoms with van der Waals surface area (Å²) in [5, 5.41) is 25.9. The molecule has 0 radical (unpaired) electrons. The van der Waals surface area contributed by atoms with Crippen LogP contribution in [0.2, 0.25) is 0 Å². The van der Waals surface area contributed by atoms with Gasteiger partial charge < -0.3 is 53.2 Å². The fourth-order valence-corrected chi connectivity index (χ4v) is 7.54. The molecule has 13 nitrogen and oxygen atoms in total. The average molecular weight is 1060 g/mol. The molecule has 4 aromatic rings. The number of aromatic carboxylic acids is 2. The van der Waals surface area contributed by atoms with Crippen molar-refractivity contribution in [2.75, 3.05) is 38.5 Å². The summed E-state index contributed by atoms with van der Waals surface area (Å²) in [6.07, 6.45) is 14.0. The van der Waals surface area contributed by atoms with E-state index in [1.54, 1.807) is 74.9 Å². The molecule has 0 aromatic heterocycles. The van der Waals surface area contributed by atoms with Gasteiger partial charge in [0.2, 0.25) is 0 Å². The van der Waals surface area contributed by atoms with Crippen LogP contribution < -0.4 is 9.47 Å². The zero-order valence-electron chi connectivity index (χ0n) is 40.3. The molecule has 2 heterocycles. The van der Waals surface area contributed by atoms with Gasteiger partial charge in [-0.15, -0.1) is 0 Å². The lowest BCUT2D eigenvalue weighted by atomic mass is 10.1. The predicted octanol–water partition coefficient (Wildman–Crippen LogP) is 11.1. The summed E-state index contributed by atoms with van der Waals surface area (Å²) in [7, 11) is 3.33. The van der Waals surface area contributed by atoms with E-state index >= 15 is 0 Å². The van der Waals surface area contributed by atoms with Gasteiger partial charge in [-0.05, 0) is 126 Å². The minimum Gasteiger partial charge on any atom is -0.497 e. The highest BCUT2D eigenvalue weighted by Crippen LogP contribution is 2.33. The van der Waals surface area contributed by atoms with Crippen molar-refractivity contribution < 1.29 is 62.8 Å². The Kier molecular flexibility index (Phi) is 27.3. The number of carboxylic acid groups (broad SMARTS) is 2. The van der Waals surface area contributed by atoms with Crippen LogP contribution in [0, 0.1) is 0 Å². The Bertz CT molecular complexity index is 1880. The number of benzene rings is 4. The predicted molar refractivity (Wildman–Crippen MR) is 272 cm³/mol. The first-order chi connectivity index (χ1) is 32.7. The molecule has 0 spiro atoms. The van der Waals surface area contributed by atoms with Crippen molar-refractivity contribution >= 4 is 34.5 Å². The molecule has 0 amide bonds. The van der Waals surface area contributed by atoms with Gasteiger partial charge in [0.25, 0.3) is 0 Å². The van der Waals surface area contributed by atoms with Gasteiger partial charge in [0, 0.05) is 11.0 Å². The number of halogens is 1.